The lowest BCUT2D eigenvalue weighted by Crippen LogP contribution is -2.08. The van der Waals surface area contributed by atoms with E-state index in [0.717, 1.165) is 33.1 Å². The summed E-state index contributed by atoms with van der Waals surface area (Å²) >= 11 is 4.96. The minimum Gasteiger partial charge on any atom is -0.486 e. The fourth-order valence-corrected chi connectivity index (χ4v) is 3.73. The predicted molar refractivity (Wildman–Crippen MR) is 105 cm³/mol. The van der Waals surface area contributed by atoms with Gasteiger partial charge in [-0.3, -0.25) is 0 Å². The van der Waals surface area contributed by atoms with Crippen LogP contribution in [0.5, 0.6) is 5.75 Å². The maximum Gasteiger partial charge on any atom is 0.416 e. The molecule has 1 heterocycles. The van der Waals surface area contributed by atoms with E-state index in [1.165, 1.54) is 12.1 Å². The summed E-state index contributed by atoms with van der Waals surface area (Å²) in [6, 6.07) is 12.8. The molecule has 0 spiro atoms. The lowest BCUT2D eigenvalue weighted by atomic mass is 10.2. The molecule has 1 aromatic heterocycles. The van der Waals surface area contributed by atoms with E-state index in [2.05, 4.69) is 26.1 Å². The third-order valence-electron chi connectivity index (χ3n) is 3.92. The third kappa shape index (κ3) is 5.29. The molecule has 0 aliphatic rings. The van der Waals surface area contributed by atoms with Crippen molar-refractivity contribution >= 4 is 27.7 Å². The van der Waals surface area contributed by atoms with E-state index in [-0.39, 0.29) is 12.4 Å². The smallest absolute Gasteiger partial charge is 0.416 e. The second-order valence-electron chi connectivity index (χ2n) is 5.87. The Morgan fingerprint density at radius 1 is 1.11 bits per heavy atom. The second kappa shape index (κ2) is 9.00. The van der Waals surface area contributed by atoms with E-state index in [0.29, 0.717) is 12.4 Å². The summed E-state index contributed by atoms with van der Waals surface area (Å²) in [4.78, 5) is 0. The Morgan fingerprint density at radius 2 is 1.86 bits per heavy atom. The van der Waals surface area contributed by atoms with Crippen LogP contribution in [0.25, 0.3) is 0 Å². The molecule has 0 unspecified atom stereocenters. The van der Waals surface area contributed by atoms with E-state index in [1.54, 1.807) is 11.8 Å². The van der Waals surface area contributed by atoms with Crippen molar-refractivity contribution in [1.29, 1.82) is 0 Å². The van der Waals surface area contributed by atoms with Crippen molar-refractivity contribution in [2.45, 2.75) is 37.2 Å². The van der Waals surface area contributed by atoms with Crippen LogP contribution in [0.2, 0.25) is 0 Å². The van der Waals surface area contributed by atoms with Gasteiger partial charge in [0.15, 0.2) is 11.0 Å². The third-order valence-corrected chi connectivity index (χ3v) is 5.49. The van der Waals surface area contributed by atoms with Gasteiger partial charge in [-0.25, -0.2) is 0 Å². The van der Waals surface area contributed by atoms with Gasteiger partial charge >= 0.3 is 6.18 Å². The van der Waals surface area contributed by atoms with Crippen LogP contribution in [0, 0.1) is 0 Å². The van der Waals surface area contributed by atoms with Crippen LogP contribution in [-0.4, -0.2) is 14.8 Å². The summed E-state index contributed by atoms with van der Waals surface area (Å²) < 4.78 is 46.9. The molecule has 0 fully saturated rings. The lowest BCUT2D eigenvalue weighted by molar-refractivity contribution is -0.137. The van der Waals surface area contributed by atoms with Gasteiger partial charge in [0.1, 0.15) is 12.4 Å². The topological polar surface area (TPSA) is 39.9 Å². The number of alkyl halides is 3. The number of ether oxygens (including phenoxy) is 1. The van der Waals surface area contributed by atoms with Crippen LogP contribution in [0.3, 0.4) is 0 Å². The van der Waals surface area contributed by atoms with E-state index in [4.69, 9.17) is 4.74 Å². The fraction of sp³-hybridized carbons (Fsp3) is 0.263. The molecular formula is C19H17BrF3N3OS. The van der Waals surface area contributed by atoms with Gasteiger partial charge in [-0.15, -0.1) is 10.2 Å². The molecule has 0 radical (unpaired) electrons. The van der Waals surface area contributed by atoms with Gasteiger partial charge in [-0.2, -0.15) is 13.2 Å². The standard InChI is InChI=1S/C19H17BrF3N3OS/c1-2-26-17(11-27-16-5-3-4-14(10-16)19(21,22)23)24-25-18(26)28-12-13-6-8-15(20)9-7-13/h3-10H,2,11-12H2,1H3. The number of hydrogen-bond donors (Lipinski definition) is 0. The number of benzene rings is 2. The van der Waals surface area contributed by atoms with E-state index >= 15 is 0 Å². The highest BCUT2D eigenvalue weighted by Crippen LogP contribution is 2.31. The largest absolute Gasteiger partial charge is 0.486 e. The number of thioether (sulfide) groups is 1. The van der Waals surface area contributed by atoms with Gasteiger partial charge in [0, 0.05) is 16.8 Å². The van der Waals surface area contributed by atoms with Gasteiger partial charge < -0.3 is 9.30 Å². The van der Waals surface area contributed by atoms with Gasteiger partial charge in [-0.05, 0) is 42.8 Å². The second-order valence-corrected chi connectivity index (χ2v) is 7.73. The molecule has 0 aliphatic carbocycles. The monoisotopic (exact) mass is 471 g/mol. The van der Waals surface area contributed by atoms with Crippen LogP contribution in [-0.2, 0) is 25.1 Å². The van der Waals surface area contributed by atoms with Crippen molar-refractivity contribution in [2.24, 2.45) is 0 Å². The summed E-state index contributed by atoms with van der Waals surface area (Å²) in [5.74, 6) is 1.45. The summed E-state index contributed by atoms with van der Waals surface area (Å²) in [6.45, 7) is 2.64. The number of nitrogens with zero attached hydrogens (tertiary/aromatic N) is 3. The van der Waals surface area contributed by atoms with Crippen LogP contribution in [0.1, 0.15) is 23.9 Å². The SMILES string of the molecule is CCn1c(COc2cccc(C(F)(F)F)c2)nnc1SCc1ccc(Br)cc1. The Morgan fingerprint density at radius 3 is 2.54 bits per heavy atom. The lowest BCUT2D eigenvalue weighted by Gasteiger charge is -2.11. The minimum absolute atomic E-state index is 0.0427. The Balaban J connectivity index is 1.66. The van der Waals surface area contributed by atoms with Gasteiger partial charge in [0.2, 0.25) is 0 Å². The first-order valence-electron chi connectivity index (χ1n) is 8.46. The zero-order chi connectivity index (χ0) is 20.1. The molecular weight excluding hydrogens is 455 g/mol. The van der Waals surface area contributed by atoms with Crippen molar-refractivity contribution in [3.63, 3.8) is 0 Å². The zero-order valence-corrected chi connectivity index (χ0v) is 17.3. The molecule has 0 saturated heterocycles. The predicted octanol–water partition coefficient (Wildman–Crippen LogP) is 5.95. The van der Waals surface area contributed by atoms with Crippen LogP contribution < -0.4 is 4.74 Å². The molecule has 3 rings (SSSR count). The van der Waals surface area contributed by atoms with Crippen LogP contribution >= 0.6 is 27.7 Å². The Bertz CT molecular complexity index is 929. The molecule has 0 bridgehead atoms. The van der Waals surface area contributed by atoms with E-state index in [1.807, 2.05) is 35.8 Å². The average Bonchev–Trinajstić information content (AvgIpc) is 3.07. The molecule has 148 valence electrons. The Kier molecular flexibility index (Phi) is 6.66. The van der Waals surface area contributed by atoms with Crippen LogP contribution in [0.15, 0.2) is 58.2 Å². The van der Waals surface area contributed by atoms with Crippen molar-refractivity contribution in [3.05, 3.63) is 70.0 Å². The molecule has 0 aliphatic heterocycles. The van der Waals surface area contributed by atoms with E-state index in [9.17, 15) is 13.2 Å². The van der Waals surface area contributed by atoms with Crippen molar-refractivity contribution in [2.75, 3.05) is 0 Å². The molecule has 9 heteroatoms. The first kappa shape index (κ1) is 20.7. The van der Waals surface area contributed by atoms with Gasteiger partial charge in [-0.1, -0.05) is 45.9 Å². The molecule has 0 saturated carbocycles. The Hall–Kier alpha value is -2.00. The van der Waals surface area contributed by atoms with Crippen molar-refractivity contribution in [3.8, 4) is 5.75 Å². The van der Waals surface area contributed by atoms with E-state index < -0.39 is 11.7 Å². The highest BCUT2D eigenvalue weighted by molar-refractivity contribution is 9.10. The minimum atomic E-state index is -4.40. The normalized spacial score (nSPS) is 11.6. The molecule has 4 nitrogen and oxygen atoms in total. The number of hydrogen-bond acceptors (Lipinski definition) is 4. The maximum absolute atomic E-state index is 12.8. The fourth-order valence-electron chi connectivity index (χ4n) is 2.49. The zero-order valence-electron chi connectivity index (χ0n) is 14.9. The highest BCUT2D eigenvalue weighted by Gasteiger charge is 2.30. The van der Waals surface area contributed by atoms with Crippen molar-refractivity contribution < 1.29 is 17.9 Å². The summed E-state index contributed by atoms with van der Waals surface area (Å²) in [5.41, 5.74) is 0.410. The Labute approximate surface area is 173 Å². The van der Waals surface area contributed by atoms with Crippen molar-refractivity contribution in [1.82, 2.24) is 14.8 Å². The maximum atomic E-state index is 12.8. The number of aromatic nitrogens is 3. The number of rotatable bonds is 7. The first-order chi connectivity index (χ1) is 13.4. The summed E-state index contributed by atoms with van der Waals surface area (Å²) in [7, 11) is 0. The average molecular weight is 472 g/mol. The molecule has 0 amide bonds. The number of halogens is 4. The molecule has 2 aromatic carbocycles. The molecule has 0 atom stereocenters. The van der Waals surface area contributed by atoms with Crippen LogP contribution in [0.4, 0.5) is 13.2 Å². The highest BCUT2D eigenvalue weighted by atomic mass is 79.9. The first-order valence-corrected chi connectivity index (χ1v) is 10.2. The molecule has 28 heavy (non-hydrogen) atoms. The summed E-state index contributed by atoms with van der Waals surface area (Å²) in [6.07, 6.45) is -4.40. The van der Waals surface area contributed by atoms with Gasteiger partial charge in [0.05, 0.1) is 5.56 Å². The molecule has 0 N–H and O–H groups in total. The summed E-state index contributed by atoms with van der Waals surface area (Å²) in [5, 5.41) is 9.08. The quantitative estimate of drug-likeness (QED) is 0.399. The van der Waals surface area contributed by atoms with Gasteiger partial charge in [0.25, 0.3) is 0 Å². The molecule has 3 aromatic rings.